The Morgan fingerprint density at radius 3 is 2.73 bits per heavy atom. The number of ether oxygens (including phenoxy) is 1. The molecule has 10 nitrogen and oxygen atoms in total. The summed E-state index contributed by atoms with van der Waals surface area (Å²) in [6.45, 7) is 4.68. The summed E-state index contributed by atoms with van der Waals surface area (Å²) < 4.78 is 6.51. The first-order valence-corrected chi connectivity index (χ1v) is 16.3. The number of piperazine rings is 1. The third-order valence-corrected chi connectivity index (χ3v) is 11.2. The Labute approximate surface area is 262 Å². The molecule has 8 rings (SSSR count). The van der Waals surface area contributed by atoms with Crippen LogP contribution in [0.3, 0.4) is 0 Å². The van der Waals surface area contributed by atoms with Gasteiger partial charge in [0.15, 0.2) is 0 Å². The van der Waals surface area contributed by atoms with Crippen LogP contribution in [0, 0.1) is 11.8 Å². The van der Waals surface area contributed by atoms with Crippen LogP contribution in [0.5, 0.6) is 0 Å². The quantitative estimate of drug-likeness (QED) is 0.409. The van der Waals surface area contributed by atoms with E-state index in [2.05, 4.69) is 46.6 Å². The number of carbonyl (C=O) groups is 3. The Hall–Kier alpha value is -3.73. The van der Waals surface area contributed by atoms with E-state index in [1.165, 1.54) is 21.4 Å². The highest BCUT2D eigenvalue weighted by molar-refractivity contribution is 5.98. The Morgan fingerprint density at radius 2 is 1.96 bits per heavy atom. The van der Waals surface area contributed by atoms with Crippen molar-refractivity contribution in [1.29, 1.82) is 0 Å². The Kier molecular flexibility index (Phi) is 6.47. The van der Waals surface area contributed by atoms with E-state index >= 15 is 0 Å². The molecule has 0 bridgehead atoms. The molecule has 0 saturated carbocycles. The van der Waals surface area contributed by atoms with Gasteiger partial charge in [0.2, 0.25) is 17.5 Å². The highest BCUT2D eigenvalue weighted by Gasteiger charge is 2.72. The van der Waals surface area contributed by atoms with Crippen molar-refractivity contribution < 1.29 is 24.2 Å². The van der Waals surface area contributed by atoms with Crippen LogP contribution in [-0.4, -0.2) is 92.4 Å². The van der Waals surface area contributed by atoms with E-state index in [0.29, 0.717) is 32.4 Å². The van der Waals surface area contributed by atoms with E-state index < -0.39 is 41.5 Å². The van der Waals surface area contributed by atoms with Gasteiger partial charge in [-0.15, -0.1) is 0 Å². The molecule has 7 atom stereocenters. The van der Waals surface area contributed by atoms with Crippen LogP contribution in [0.15, 0.2) is 54.7 Å². The number of benzene rings is 2. The van der Waals surface area contributed by atoms with E-state index in [9.17, 15) is 19.5 Å². The Morgan fingerprint density at radius 1 is 1.16 bits per heavy atom. The molecule has 5 aliphatic rings. The summed E-state index contributed by atoms with van der Waals surface area (Å²) in [4.78, 5) is 51.4. The lowest BCUT2D eigenvalue weighted by Gasteiger charge is -2.48. The molecule has 2 aromatic carbocycles. The van der Waals surface area contributed by atoms with Crippen molar-refractivity contribution >= 4 is 28.6 Å². The summed E-state index contributed by atoms with van der Waals surface area (Å²) in [5.74, 6) is -3.80. The van der Waals surface area contributed by atoms with Crippen LogP contribution in [-0.2, 0) is 32.0 Å². The van der Waals surface area contributed by atoms with Gasteiger partial charge >= 0.3 is 0 Å². The molecule has 0 radical (unpaired) electrons. The first-order valence-electron chi connectivity index (χ1n) is 16.3. The zero-order valence-corrected chi connectivity index (χ0v) is 26.0. The smallest absolute Gasteiger partial charge is 0.281 e. The molecule has 4 saturated heterocycles. The number of aliphatic hydroxyl groups is 1. The van der Waals surface area contributed by atoms with Gasteiger partial charge < -0.3 is 25.2 Å². The third kappa shape index (κ3) is 4.08. The minimum Gasteiger partial charge on any atom is -0.361 e. The number of carbonyl (C=O) groups excluding carboxylic acids is 3. The van der Waals surface area contributed by atoms with Gasteiger partial charge in [0.05, 0.1) is 5.92 Å². The van der Waals surface area contributed by atoms with E-state index in [1.807, 2.05) is 44.2 Å². The number of aromatic nitrogens is 1. The maximum absolute atomic E-state index is 14.6. The van der Waals surface area contributed by atoms with Crippen LogP contribution >= 0.6 is 0 Å². The van der Waals surface area contributed by atoms with E-state index in [0.717, 1.165) is 17.5 Å². The molecule has 1 aromatic heterocycles. The molecule has 4 aliphatic heterocycles. The zero-order valence-electron chi connectivity index (χ0n) is 26.0. The minimum atomic E-state index is -2.04. The van der Waals surface area contributed by atoms with Gasteiger partial charge in [0.25, 0.3) is 11.8 Å². The largest absolute Gasteiger partial charge is 0.361 e. The molecule has 3 amide bonds. The molecule has 0 unspecified atom stereocenters. The van der Waals surface area contributed by atoms with Gasteiger partial charge in [-0.2, -0.15) is 0 Å². The summed E-state index contributed by atoms with van der Waals surface area (Å²) in [6, 6.07) is 14.5. The monoisotopic (exact) mass is 611 g/mol. The molecule has 4 fully saturated rings. The SMILES string of the molecule is CC(C)[C@]1(NC(=O)[C@@H]2C[C@@H]3c4cccc5[nH]cc(c45)C[C@@H]3N(C)C2)O[C@@]2(O)[C@H]3CCCN3C(=O)[C@H](Cc3ccccc3)N2C1=O. The van der Waals surface area contributed by atoms with Crippen molar-refractivity contribution in [2.75, 3.05) is 20.1 Å². The van der Waals surface area contributed by atoms with E-state index in [4.69, 9.17) is 4.74 Å². The summed E-state index contributed by atoms with van der Waals surface area (Å²) in [5.41, 5.74) is 2.75. The van der Waals surface area contributed by atoms with Crippen LogP contribution < -0.4 is 5.32 Å². The molecule has 0 spiro atoms. The number of H-pyrrole nitrogens is 1. The third-order valence-electron chi connectivity index (χ3n) is 11.2. The molecule has 10 heteroatoms. The second kappa shape index (κ2) is 10.1. The number of hydrogen-bond acceptors (Lipinski definition) is 6. The molecule has 3 aromatic rings. The molecule has 236 valence electrons. The number of likely N-dealkylation sites (tertiary alicyclic amines) is 1. The second-order valence-electron chi connectivity index (χ2n) is 14.0. The lowest BCUT2D eigenvalue weighted by atomic mass is 9.72. The lowest BCUT2D eigenvalue weighted by Crippen LogP contribution is -2.71. The molecular weight excluding hydrogens is 570 g/mol. The molecular formula is C35H41N5O5. The zero-order chi connectivity index (χ0) is 31.2. The van der Waals surface area contributed by atoms with Crippen LogP contribution in [0.2, 0.25) is 0 Å². The Balaban J connectivity index is 1.12. The number of hydrogen-bond donors (Lipinski definition) is 3. The summed E-state index contributed by atoms with van der Waals surface area (Å²) in [5, 5.41) is 16.6. The van der Waals surface area contributed by atoms with Crippen molar-refractivity contribution in [1.82, 2.24) is 25.0 Å². The lowest BCUT2D eigenvalue weighted by molar-refractivity contribution is -0.321. The number of aromatic amines is 1. The van der Waals surface area contributed by atoms with Crippen molar-refractivity contribution in [3.63, 3.8) is 0 Å². The molecule has 5 heterocycles. The minimum absolute atomic E-state index is 0.164. The molecule has 45 heavy (non-hydrogen) atoms. The maximum Gasteiger partial charge on any atom is 0.281 e. The van der Waals surface area contributed by atoms with Crippen LogP contribution in [0.25, 0.3) is 10.9 Å². The summed E-state index contributed by atoms with van der Waals surface area (Å²) >= 11 is 0. The fourth-order valence-electron chi connectivity index (χ4n) is 8.99. The number of amides is 3. The van der Waals surface area contributed by atoms with Crippen molar-refractivity contribution in [3.05, 3.63) is 71.4 Å². The first-order chi connectivity index (χ1) is 21.6. The van der Waals surface area contributed by atoms with Crippen LogP contribution in [0.4, 0.5) is 0 Å². The van der Waals surface area contributed by atoms with Gasteiger partial charge in [0, 0.05) is 54.5 Å². The van der Waals surface area contributed by atoms with Gasteiger partial charge in [0.1, 0.15) is 12.1 Å². The number of rotatable bonds is 5. The number of nitrogens with zero attached hydrogens (tertiary/aromatic N) is 3. The van der Waals surface area contributed by atoms with Crippen LogP contribution in [0.1, 0.15) is 55.7 Å². The second-order valence-corrected chi connectivity index (χ2v) is 14.0. The Bertz CT molecular complexity index is 1690. The number of fused-ring (bicyclic) bond motifs is 5. The number of nitrogens with one attached hydrogen (secondary N) is 2. The highest BCUT2D eigenvalue weighted by atomic mass is 16.7. The van der Waals surface area contributed by atoms with Gasteiger partial charge in [-0.1, -0.05) is 56.3 Å². The number of likely N-dealkylation sites (N-methyl/N-ethyl adjacent to an activating group) is 1. The average molecular weight is 612 g/mol. The topological polar surface area (TPSA) is 118 Å². The highest BCUT2D eigenvalue weighted by Crippen LogP contribution is 2.49. The summed E-state index contributed by atoms with van der Waals surface area (Å²) in [7, 11) is 2.07. The molecule has 3 N–H and O–H groups in total. The van der Waals surface area contributed by atoms with Gasteiger partial charge in [-0.05, 0) is 55.5 Å². The maximum atomic E-state index is 14.6. The van der Waals surface area contributed by atoms with Crippen molar-refractivity contribution in [3.8, 4) is 0 Å². The van der Waals surface area contributed by atoms with E-state index in [-0.39, 0.29) is 30.2 Å². The predicted molar refractivity (Wildman–Crippen MR) is 167 cm³/mol. The van der Waals surface area contributed by atoms with Crippen molar-refractivity contribution in [2.45, 2.75) is 81.6 Å². The van der Waals surface area contributed by atoms with E-state index in [1.54, 1.807) is 4.90 Å². The summed E-state index contributed by atoms with van der Waals surface area (Å²) in [6.07, 6.45) is 5.12. The predicted octanol–water partition coefficient (Wildman–Crippen LogP) is 2.72. The molecule has 1 aliphatic carbocycles. The fourth-order valence-corrected chi connectivity index (χ4v) is 8.99. The van der Waals surface area contributed by atoms with Gasteiger partial charge in [-0.25, -0.2) is 0 Å². The fraction of sp³-hybridized carbons (Fsp3) is 0.514. The van der Waals surface area contributed by atoms with Crippen molar-refractivity contribution in [2.24, 2.45) is 11.8 Å². The number of piperidine rings is 1. The normalized spacial score (nSPS) is 34.3. The standard InChI is InChI=1S/C35H41N5O5/c1-20(2)34(37-31(41)23-16-25-24-11-7-12-26-30(24)22(18-36-26)17-27(25)38(3)19-23)33(43)40-28(15-21-9-5-4-6-10-21)32(42)39-14-8-13-29(39)35(40,44)45-34/h4-7,9-12,18,20,23,25,27-29,36,44H,8,13-17,19H2,1-3H3,(H,37,41)/t23-,25-,27+,28+,29-,34+,35+/m1/s1. The average Bonchev–Trinajstić information content (AvgIpc) is 3.74. The first kappa shape index (κ1) is 28.7. The van der Waals surface area contributed by atoms with Gasteiger partial charge in [-0.3, -0.25) is 24.0 Å².